The van der Waals surface area contributed by atoms with Crippen LogP contribution in [0.5, 0.6) is 11.5 Å². The Morgan fingerprint density at radius 1 is 0.951 bits per heavy atom. The topological polar surface area (TPSA) is 153 Å². The molecule has 0 saturated heterocycles. The largest absolute Gasteiger partial charge is 0.466 e. The van der Waals surface area contributed by atoms with Gasteiger partial charge in [-0.25, -0.2) is 9.59 Å². The highest BCUT2D eigenvalue weighted by Crippen LogP contribution is 2.44. The van der Waals surface area contributed by atoms with E-state index in [1.807, 2.05) is 0 Å². The molecule has 3 N–H and O–H groups in total. The fourth-order valence-corrected chi connectivity index (χ4v) is 4.80. The van der Waals surface area contributed by atoms with Crippen molar-refractivity contribution in [1.29, 1.82) is 5.26 Å². The third-order valence-electron chi connectivity index (χ3n) is 6.63. The van der Waals surface area contributed by atoms with Gasteiger partial charge in [0.2, 0.25) is 6.79 Å². The number of esters is 2. The number of allylic oxidation sites excluding steroid dienone is 1. The maximum atomic E-state index is 13.6. The van der Waals surface area contributed by atoms with Crippen LogP contribution in [0.25, 0.3) is 0 Å². The Hall–Kier alpha value is -5.76. The Labute approximate surface area is 235 Å². The van der Waals surface area contributed by atoms with E-state index in [1.54, 1.807) is 60.7 Å². The van der Waals surface area contributed by atoms with E-state index in [0.29, 0.717) is 22.7 Å². The van der Waals surface area contributed by atoms with Crippen LogP contribution in [-0.2, 0) is 19.1 Å². The molecular formula is C30H24N4O7. The zero-order chi connectivity index (χ0) is 29.1. The van der Waals surface area contributed by atoms with Crippen molar-refractivity contribution in [2.45, 2.75) is 5.92 Å². The number of rotatable bonds is 6. The summed E-state index contributed by atoms with van der Waals surface area (Å²) < 4.78 is 20.9. The first-order valence-corrected chi connectivity index (χ1v) is 12.3. The number of nitrogens with one attached hydrogen (secondary N) is 1. The molecule has 1 unspecified atom stereocenters. The normalized spacial score (nSPS) is 15.7. The molecular weight excluding hydrogens is 528 g/mol. The van der Waals surface area contributed by atoms with Crippen molar-refractivity contribution in [1.82, 2.24) is 0 Å². The lowest BCUT2D eigenvalue weighted by atomic mass is 9.80. The number of benzene rings is 3. The number of nitrogens with two attached hydrogens (primary N) is 1. The molecule has 1 atom stereocenters. The molecule has 0 aliphatic carbocycles. The summed E-state index contributed by atoms with van der Waals surface area (Å²) in [5.74, 6) is -2.51. The van der Waals surface area contributed by atoms with Gasteiger partial charge in [0.25, 0.3) is 5.91 Å². The highest BCUT2D eigenvalue weighted by atomic mass is 16.7. The molecule has 3 aromatic carbocycles. The van der Waals surface area contributed by atoms with Crippen LogP contribution in [0.4, 0.5) is 11.4 Å². The molecule has 2 heterocycles. The molecule has 0 fully saturated rings. The molecule has 0 aromatic heterocycles. The van der Waals surface area contributed by atoms with Gasteiger partial charge >= 0.3 is 11.9 Å². The Kier molecular flexibility index (Phi) is 7.30. The summed E-state index contributed by atoms with van der Waals surface area (Å²) in [6.45, 7) is 0.0759. The molecule has 41 heavy (non-hydrogen) atoms. The molecule has 11 nitrogen and oxygen atoms in total. The number of para-hydroxylation sites is 1. The molecule has 3 aromatic rings. The van der Waals surface area contributed by atoms with Crippen molar-refractivity contribution in [3.05, 3.63) is 107 Å². The molecule has 5 rings (SSSR count). The van der Waals surface area contributed by atoms with Crippen LogP contribution in [0.15, 0.2) is 95.5 Å². The number of hydrogen-bond donors (Lipinski definition) is 2. The minimum Gasteiger partial charge on any atom is -0.466 e. The summed E-state index contributed by atoms with van der Waals surface area (Å²) in [6, 6.07) is 22.0. The van der Waals surface area contributed by atoms with E-state index in [4.69, 9.17) is 24.7 Å². The second kappa shape index (κ2) is 11.2. The van der Waals surface area contributed by atoms with Gasteiger partial charge in [-0.3, -0.25) is 9.69 Å². The predicted molar refractivity (Wildman–Crippen MR) is 147 cm³/mol. The number of ether oxygens (including phenoxy) is 4. The van der Waals surface area contributed by atoms with Crippen LogP contribution < -0.4 is 25.4 Å². The number of nitrogens with zero attached hydrogens (tertiary/aromatic N) is 2. The lowest BCUT2D eigenvalue weighted by molar-refractivity contribution is -0.139. The van der Waals surface area contributed by atoms with Crippen LogP contribution in [0.3, 0.4) is 0 Å². The summed E-state index contributed by atoms with van der Waals surface area (Å²) in [5, 5.41) is 13.1. The fraction of sp³-hybridized carbons (Fsp3) is 0.133. The zero-order valence-electron chi connectivity index (χ0n) is 22.0. The van der Waals surface area contributed by atoms with Gasteiger partial charge in [-0.05, 0) is 29.8 Å². The van der Waals surface area contributed by atoms with Gasteiger partial charge in [0.1, 0.15) is 11.5 Å². The number of hydrogen-bond acceptors (Lipinski definition) is 10. The van der Waals surface area contributed by atoms with E-state index in [9.17, 15) is 19.6 Å². The minimum atomic E-state index is -1.03. The molecule has 1 amide bonds. The number of methoxy groups -OCH3 is 2. The van der Waals surface area contributed by atoms with Crippen molar-refractivity contribution in [3.8, 4) is 17.6 Å². The van der Waals surface area contributed by atoms with Crippen LogP contribution in [0.2, 0.25) is 0 Å². The van der Waals surface area contributed by atoms with E-state index in [-0.39, 0.29) is 40.7 Å². The number of amides is 1. The Morgan fingerprint density at radius 2 is 1.63 bits per heavy atom. The van der Waals surface area contributed by atoms with Gasteiger partial charge < -0.3 is 30.0 Å². The van der Waals surface area contributed by atoms with Gasteiger partial charge in [-0.1, -0.05) is 42.5 Å². The quantitative estimate of drug-likeness (QED) is 0.434. The monoisotopic (exact) mass is 552 g/mol. The molecule has 2 aliphatic rings. The van der Waals surface area contributed by atoms with Crippen molar-refractivity contribution in [2.24, 2.45) is 5.73 Å². The van der Waals surface area contributed by atoms with Crippen LogP contribution >= 0.6 is 0 Å². The van der Waals surface area contributed by atoms with Crippen LogP contribution in [0.1, 0.15) is 21.8 Å². The van der Waals surface area contributed by atoms with E-state index < -0.39 is 23.8 Å². The fourth-order valence-electron chi connectivity index (χ4n) is 4.80. The Balaban J connectivity index is 1.68. The first-order chi connectivity index (χ1) is 19.9. The zero-order valence-corrected chi connectivity index (χ0v) is 22.0. The summed E-state index contributed by atoms with van der Waals surface area (Å²) in [7, 11) is 2.31. The Morgan fingerprint density at radius 3 is 2.34 bits per heavy atom. The Bertz CT molecular complexity index is 1660. The minimum absolute atomic E-state index is 0.0183. The highest BCUT2D eigenvalue weighted by Gasteiger charge is 2.43. The number of nitriles is 1. The van der Waals surface area contributed by atoms with Gasteiger partial charge in [0.05, 0.1) is 48.6 Å². The first kappa shape index (κ1) is 26.8. The van der Waals surface area contributed by atoms with Gasteiger partial charge in [0, 0.05) is 11.8 Å². The number of anilines is 2. The molecule has 11 heteroatoms. The molecule has 0 saturated carbocycles. The maximum Gasteiger partial charge on any atom is 0.355 e. The average Bonchev–Trinajstić information content (AvgIpc) is 3.48. The second-order valence-corrected chi connectivity index (χ2v) is 8.87. The number of carbonyl (C=O) groups is 3. The third-order valence-corrected chi connectivity index (χ3v) is 6.63. The lowest BCUT2D eigenvalue weighted by Crippen LogP contribution is -2.41. The van der Waals surface area contributed by atoms with E-state index in [1.165, 1.54) is 17.0 Å². The standard InChI is InChI=1S/C30H24N4O7/c1-38-29(36)25-24(17-8-4-3-5-9-17)20(15-31)27(32)34(26(25)30(37)39-2)21-11-7-6-10-19(21)28(35)33-18-12-13-22-23(14-18)41-16-40-22/h3-14,24H,16,32H2,1-2H3,(H,33,35). The molecule has 2 aliphatic heterocycles. The summed E-state index contributed by atoms with van der Waals surface area (Å²) in [4.78, 5) is 41.4. The molecule has 0 spiro atoms. The third kappa shape index (κ3) is 4.79. The molecule has 206 valence electrons. The first-order valence-electron chi connectivity index (χ1n) is 12.3. The van der Waals surface area contributed by atoms with E-state index >= 15 is 0 Å². The van der Waals surface area contributed by atoms with Crippen molar-refractivity contribution in [2.75, 3.05) is 31.2 Å². The van der Waals surface area contributed by atoms with Gasteiger partial charge in [-0.15, -0.1) is 0 Å². The van der Waals surface area contributed by atoms with Crippen LogP contribution in [-0.4, -0.2) is 38.9 Å². The number of fused-ring (bicyclic) bond motifs is 1. The van der Waals surface area contributed by atoms with Gasteiger partial charge in [0.15, 0.2) is 11.5 Å². The van der Waals surface area contributed by atoms with E-state index in [2.05, 4.69) is 11.4 Å². The maximum absolute atomic E-state index is 13.6. The van der Waals surface area contributed by atoms with Crippen molar-refractivity contribution >= 4 is 29.2 Å². The molecule has 0 bridgehead atoms. The van der Waals surface area contributed by atoms with Crippen molar-refractivity contribution in [3.63, 3.8) is 0 Å². The smallest absolute Gasteiger partial charge is 0.355 e. The highest BCUT2D eigenvalue weighted by molar-refractivity contribution is 6.11. The SMILES string of the molecule is COC(=O)C1=C(C(=O)OC)N(c2ccccc2C(=O)Nc2ccc3c(c2)OCO3)C(N)=C(C#N)C1c1ccccc1. The summed E-state index contributed by atoms with van der Waals surface area (Å²) in [6.07, 6.45) is 0. The second-order valence-electron chi connectivity index (χ2n) is 8.87. The van der Waals surface area contributed by atoms with E-state index in [0.717, 1.165) is 14.2 Å². The summed E-state index contributed by atoms with van der Waals surface area (Å²) >= 11 is 0. The molecule has 0 radical (unpaired) electrons. The van der Waals surface area contributed by atoms with Crippen LogP contribution in [0, 0.1) is 11.3 Å². The summed E-state index contributed by atoms with van der Waals surface area (Å²) in [5.41, 5.74) is 7.30. The predicted octanol–water partition coefficient (Wildman–Crippen LogP) is 3.57. The number of carbonyl (C=O) groups excluding carboxylic acids is 3. The van der Waals surface area contributed by atoms with Gasteiger partial charge in [-0.2, -0.15) is 5.26 Å². The lowest BCUT2D eigenvalue weighted by Gasteiger charge is -2.36. The average molecular weight is 553 g/mol. The van der Waals surface area contributed by atoms with Crippen molar-refractivity contribution < 1.29 is 33.3 Å².